The summed E-state index contributed by atoms with van der Waals surface area (Å²) < 4.78 is 0. The number of hydrogen-bond donors (Lipinski definition) is 2. The van der Waals surface area contributed by atoms with Gasteiger partial charge in [-0.3, -0.25) is 4.79 Å². The highest BCUT2D eigenvalue weighted by Gasteiger charge is 2.22. The van der Waals surface area contributed by atoms with Crippen LogP contribution in [0.2, 0.25) is 0 Å². The summed E-state index contributed by atoms with van der Waals surface area (Å²) in [7, 11) is 0. The van der Waals surface area contributed by atoms with Crippen LogP contribution in [-0.2, 0) is 4.79 Å². The van der Waals surface area contributed by atoms with Crippen molar-refractivity contribution in [3.63, 3.8) is 0 Å². The van der Waals surface area contributed by atoms with Crippen LogP contribution in [-0.4, -0.2) is 31.1 Å². The fourth-order valence-corrected chi connectivity index (χ4v) is 2.30. The number of anilines is 1. The lowest BCUT2D eigenvalue weighted by molar-refractivity contribution is -0.122. The third-order valence-electron chi connectivity index (χ3n) is 3.30. The van der Waals surface area contributed by atoms with Crippen molar-refractivity contribution < 1.29 is 4.79 Å². The molecular weight excluding hydrogens is 226 g/mol. The van der Waals surface area contributed by atoms with Crippen molar-refractivity contribution in [2.24, 2.45) is 5.73 Å². The van der Waals surface area contributed by atoms with Crippen molar-refractivity contribution in [1.82, 2.24) is 5.32 Å². The third kappa shape index (κ3) is 3.23. The first-order valence-corrected chi connectivity index (χ1v) is 6.53. The second-order valence-electron chi connectivity index (χ2n) is 4.92. The van der Waals surface area contributed by atoms with Gasteiger partial charge < -0.3 is 16.0 Å². The van der Waals surface area contributed by atoms with Gasteiger partial charge in [0.1, 0.15) is 0 Å². The van der Waals surface area contributed by atoms with Crippen LogP contribution in [0.5, 0.6) is 0 Å². The molecule has 3 N–H and O–H groups in total. The fraction of sp³-hybridized carbons (Fsp3) is 0.500. The monoisotopic (exact) mass is 247 g/mol. The van der Waals surface area contributed by atoms with Gasteiger partial charge in [0.15, 0.2) is 0 Å². The number of nitrogens with two attached hydrogens (primary N) is 1. The minimum absolute atomic E-state index is 0.0603. The molecule has 0 saturated carbocycles. The summed E-state index contributed by atoms with van der Waals surface area (Å²) in [5, 5.41) is 3.01. The van der Waals surface area contributed by atoms with Gasteiger partial charge in [-0.15, -0.1) is 0 Å². The molecular formula is C14H21N3O. The highest BCUT2D eigenvalue weighted by molar-refractivity contribution is 5.81. The van der Waals surface area contributed by atoms with Gasteiger partial charge in [-0.05, 0) is 31.9 Å². The summed E-state index contributed by atoms with van der Waals surface area (Å²) in [5.74, 6) is -0.0603. The van der Waals surface area contributed by atoms with E-state index in [2.05, 4.69) is 22.3 Å². The molecule has 18 heavy (non-hydrogen) atoms. The minimum Gasteiger partial charge on any atom is -0.369 e. The number of carbonyl (C=O) groups is 1. The molecule has 2 atom stereocenters. The lowest BCUT2D eigenvalue weighted by Crippen LogP contribution is -2.51. The van der Waals surface area contributed by atoms with Crippen LogP contribution in [0, 0.1) is 0 Å². The molecule has 2 unspecified atom stereocenters. The second kappa shape index (κ2) is 5.87. The molecule has 1 aromatic rings. The van der Waals surface area contributed by atoms with Crippen molar-refractivity contribution >= 4 is 11.6 Å². The molecule has 0 radical (unpaired) electrons. The molecule has 1 aliphatic heterocycles. The molecule has 0 aromatic heterocycles. The predicted molar refractivity (Wildman–Crippen MR) is 73.5 cm³/mol. The molecule has 2 rings (SSSR count). The number of nitrogens with one attached hydrogen (secondary N) is 1. The van der Waals surface area contributed by atoms with E-state index in [4.69, 9.17) is 5.73 Å². The van der Waals surface area contributed by atoms with E-state index in [1.165, 1.54) is 5.69 Å². The zero-order valence-corrected chi connectivity index (χ0v) is 10.8. The number of hydrogen-bond acceptors (Lipinski definition) is 3. The standard InChI is InChI=1S/C14H21N3O/c1-11(15)14(18)16-12-6-5-9-17(10-12)13-7-3-2-4-8-13/h2-4,7-8,11-12H,5-6,9-10,15H2,1H3,(H,16,18). The summed E-state index contributed by atoms with van der Waals surface area (Å²) in [5.41, 5.74) is 6.79. The van der Waals surface area contributed by atoms with Gasteiger partial charge in [0.25, 0.3) is 0 Å². The molecule has 1 aromatic carbocycles. The van der Waals surface area contributed by atoms with Gasteiger partial charge in [0.2, 0.25) is 5.91 Å². The SMILES string of the molecule is CC(N)C(=O)NC1CCCN(c2ccccc2)C1. The molecule has 1 saturated heterocycles. The molecule has 1 amide bonds. The van der Waals surface area contributed by atoms with Gasteiger partial charge in [0, 0.05) is 24.8 Å². The van der Waals surface area contributed by atoms with Gasteiger partial charge in [-0.25, -0.2) is 0 Å². The molecule has 4 heteroatoms. The van der Waals surface area contributed by atoms with Crippen LogP contribution in [0.15, 0.2) is 30.3 Å². The highest BCUT2D eigenvalue weighted by atomic mass is 16.2. The van der Waals surface area contributed by atoms with Crippen molar-refractivity contribution in [2.45, 2.75) is 31.8 Å². The van der Waals surface area contributed by atoms with Crippen molar-refractivity contribution in [3.05, 3.63) is 30.3 Å². The first-order valence-electron chi connectivity index (χ1n) is 6.53. The number of nitrogens with zero attached hydrogens (tertiary/aromatic N) is 1. The van der Waals surface area contributed by atoms with E-state index >= 15 is 0 Å². The number of piperidine rings is 1. The predicted octanol–water partition coefficient (Wildman–Crippen LogP) is 1.12. The van der Waals surface area contributed by atoms with Crippen LogP contribution in [0.3, 0.4) is 0 Å². The first-order chi connectivity index (χ1) is 8.66. The molecule has 98 valence electrons. The summed E-state index contributed by atoms with van der Waals surface area (Å²) in [6.45, 7) is 3.63. The van der Waals surface area contributed by atoms with E-state index in [0.717, 1.165) is 25.9 Å². The zero-order chi connectivity index (χ0) is 13.0. The number of carbonyl (C=O) groups excluding carboxylic acids is 1. The Hall–Kier alpha value is -1.55. The Morgan fingerprint density at radius 1 is 1.44 bits per heavy atom. The Bertz CT molecular complexity index is 391. The van der Waals surface area contributed by atoms with Crippen molar-refractivity contribution in [3.8, 4) is 0 Å². The average molecular weight is 247 g/mol. The summed E-state index contributed by atoms with van der Waals surface area (Å²) in [4.78, 5) is 13.9. The molecule has 1 aliphatic rings. The largest absolute Gasteiger partial charge is 0.369 e. The van der Waals surface area contributed by atoms with Crippen LogP contribution in [0.1, 0.15) is 19.8 Å². The smallest absolute Gasteiger partial charge is 0.236 e. The average Bonchev–Trinajstić information content (AvgIpc) is 2.40. The van der Waals surface area contributed by atoms with Crippen LogP contribution >= 0.6 is 0 Å². The Kier molecular flexibility index (Phi) is 4.20. The van der Waals surface area contributed by atoms with Crippen molar-refractivity contribution in [2.75, 3.05) is 18.0 Å². The van der Waals surface area contributed by atoms with Gasteiger partial charge in [-0.2, -0.15) is 0 Å². The summed E-state index contributed by atoms with van der Waals surface area (Å²) in [6, 6.07) is 10.1. The Labute approximate surface area is 108 Å². The number of benzene rings is 1. The topological polar surface area (TPSA) is 58.4 Å². The number of amides is 1. The van der Waals surface area contributed by atoms with E-state index in [-0.39, 0.29) is 11.9 Å². The van der Waals surface area contributed by atoms with E-state index < -0.39 is 6.04 Å². The Morgan fingerprint density at radius 2 is 2.17 bits per heavy atom. The maximum absolute atomic E-state index is 11.6. The maximum atomic E-state index is 11.6. The van der Waals surface area contributed by atoms with Crippen LogP contribution in [0.25, 0.3) is 0 Å². The van der Waals surface area contributed by atoms with E-state index in [1.54, 1.807) is 6.92 Å². The van der Waals surface area contributed by atoms with E-state index in [1.807, 2.05) is 18.2 Å². The highest BCUT2D eigenvalue weighted by Crippen LogP contribution is 2.19. The molecule has 1 heterocycles. The molecule has 0 spiro atoms. The van der Waals surface area contributed by atoms with Crippen LogP contribution < -0.4 is 16.0 Å². The zero-order valence-electron chi connectivity index (χ0n) is 10.8. The molecule has 0 aliphatic carbocycles. The van der Waals surface area contributed by atoms with Crippen LogP contribution in [0.4, 0.5) is 5.69 Å². The van der Waals surface area contributed by atoms with E-state index in [0.29, 0.717) is 0 Å². The van der Waals surface area contributed by atoms with Gasteiger partial charge in [0.05, 0.1) is 6.04 Å². The fourth-order valence-electron chi connectivity index (χ4n) is 2.30. The Balaban J connectivity index is 1.95. The van der Waals surface area contributed by atoms with E-state index in [9.17, 15) is 4.79 Å². The Morgan fingerprint density at radius 3 is 2.83 bits per heavy atom. The lowest BCUT2D eigenvalue weighted by Gasteiger charge is -2.35. The van der Waals surface area contributed by atoms with Crippen molar-refractivity contribution in [1.29, 1.82) is 0 Å². The third-order valence-corrected chi connectivity index (χ3v) is 3.30. The maximum Gasteiger partial charge on any atom is 0.236 e. The summed E-state index contributed by atoms with van der Waals surface area (Å²) in [6.07, 6.45) is 2.13. The molecule has 1 fully saturated rings. The molecule has 0 bridgehead atoms. The lowest BCUT2D eigenvalue weighted by atomic mass is 10.0. The summed E-state index contributed by atoms with van der Waals surface area (Å²) >= 11 is 0. The quantitative estimate of drug-likeness (QED) is 0.841. The number of rotatable bonds is 3. The number of para-hydroxylation sites is 1. The van der Waals surface area contributed by atoms with Gasteiger partial charge in [-0.1, -0.05) is 18.2 Å². The molecule has 4 nitrogen and oxygen atoms in total. The normalized spacial score (nSPS) is 21.4. The minimum atomic E-state index is -0.433. The van der Waals surface area contributed by atoms with Gasteiger partial charge >= 0.3 is 0 Å². The second-order valence-corrected chi connectivity index (χ2v) is 4.92. The first kappa shape index (κ1) is 12.9.